The molecule has 1 aromatic heterocycles. The number of halogens is 5. The van der Waals surface area contributed by atoms with Gasteiger partial charge in [0.2, 0.25) is 0 Å². The fourth-order valence-electron chi connectivity index (χ4n) is 0.654. The van der Waals surface area contributed by atoms with Crippen LogP contribution in [0.15, 0.2) is 10.9 Å². The first-order valence-electron chi connectivity index (χ1n) is 2.98. The molecule has 1 heterocycles. The molecule has 0 aliphatic rings. The van der Waals surface area contributed by atoms with Crippen LogP contribution in [0.5, 0.6) is 0 Å². The van der Waals surface area contributed by atoms with E-state index in [1.165, 1.54) is 0 Å². The number of nitrogens with one attached hydrogen (secondary N) is 2. The van der Waals surface area contributed by atoms with E-state index in [4.69, 9.17) is 23.2 Å². The van der Waals surface area contributed by atoms with Crippen LogP contribution in [0.4, 0.5) is 13.2 Å². The van der Waals surface area contributed by atoms with Crippen molar-refractivity contribution in [2.75, 3.05) is 0 Å². The van der Waals surface area contributed by atoms with Crippen LogP contribution < -0.4 is 5.56 Å². The molecule has 8 heteroatoms. The Bertz CT molecular complexity index is 353. The van der Waals surface area contributed by atoms with Crippen molar-refractivity contribution in [3.05, 3.63) is 22.1 Å². The minimum absolute atomic E-state index is 0.631. The van der Waals surface area contributed by atoms with E-state index >= 15 is 0 Å². The highest BCUT2D eigenvalue weighted by atomic mass is 35.5. The second-order valence-corrected chi connectivity index (χ2v) is 3.57. The largest absolute Gasteiger partial charge is 0.427 e. The Kier molecular flexibility index (Phi) is 2.38. The molecule has 0 fully saturated rings. The molecule has 0 bridgehead atoms. The molecular formula is C5H3Cl2F3N2O. The molecular weight excluding hydrogens is 232 g/mol. The molecule has 0 aliphatic carbocycles. The zero-order chi connectivity index (χ0) is 10.3. The summed E-state index contributed by atoms with van der Waals surface area (Å²) in [5.41, 5.74) is -1.36. The zero-order valence-corrected chi connectivity index (χ0v) is 7.39. The van der Waals surface area contributed by atoms with Gasteiger partial charge in [-0.1, -0.05) is 23.2 Å². The van der Waals surface area contributed by atoms with E-state index in [0.717, 1.165) is 0 Å². The van der Waals surface area contributed by atoms with E-state index < -0.39 is 21.8 Å². The Hall–Kier alpha value is -0.620. The van der Waals surface area contributed by atoms with Gasteiger partial charge < -0.3 is 0 Å². The van der Waals surface area contributed by atoms with Crippen molar-refractivity contribution in [2.24, 2.45) is 0 Å². The molecule has 2 N–H and O–H groups in total. The van der Waals surface area contributed by atoms with Crippen molar-refractivity contribution >= 4 is 23.2 Å². The van der Waals surface area contributed by atoms with Gasteiger partial charge in [-0.15, -0.1) is 0 Å². The van der Waals surface area contributed by atoms with Gasteiger partial charge in [0.25, 0.3) is 9.89 Å². The average Bonchev–Trinajstić information content (AvgIpc) is 2.33. The molecule has 0 unspecified atom stereocenters. The molecule has 0 radical (unpaired) electrons. The maximum atomic E-state index is 12.1. The predicted octanol–water partition coefficient (Wildman–Crippen LogP) is 1.90. The van der Waals surface area contributed by atoms with Gasteiger partial charge >= 0.3 is 6.18 Å². The molecule has 0 aromatic carbocycles. The lowest BCUT2D eigenvalue weighted by atomic mass is 10.3. The predicted molar refractivity (Wildman–Crippen MR) is 40.9 cm³/mol. The van der Waals surface area contributed by atoms with Gasteiger partial charge in [-0.2, -0.15) is 13.2 Å². The molecule has 0 amide bonds. The second kappa shape index (κ2) is 2.95. The van der Waals surface area contributed by atoms with Gasteiger partial charge in [-0.25, -0.2) is 0 Å². The molecule has 0 saturated carbocycles. The van der Waals surface area contributed by atoms with Gasteiger partial charge in [-0.05, 0) is 0 Å². The van der Waals surface area contributed by atoms with Crippen molar-refractivity contribution < 1.29 is 13.2 Å². The van der Waals surface area contributed by atoms with Crippen LogP contribution in [0.2, 0.25) is 0 Å². The summed E-state index contributed by atoms with van der Waals surface area (Å²) in [6.45, 7) is 0. The van der Waals surface area contributed by atoms with Crippen LogP contribution in [0.1, 0.15) is 5.69 Å². The monoisotopic (exact) mass is 234 g/mol. The summed E-state index contributed by atoms with van der Waals surface area (Å²) in [6, 6.07) is 0.646. The van der Waals surface area contributed by atoms with Crippen molar-refractivity contribution in [1.82, 2.24) is 10.2 Å². The lowest BCUT2D eigenvalue weighted by Crippen LogP contribution is -2.31. The fraction of sp³-hybridized carbons (Fsp3) is 0.400. The van der Waals surface area contributed by atoms with Gasteiger partial charge in [0.05, 0.1) is 5.69 Å². The highest BCUT2D eigenvalue weighted by molar-refractivity contribution is 6.48. The van der Waals surface area contributed by atoms with Gasteiger partial charge in [0.15, 0.2) is 0 Å². The molecule has 74 valence electrons. The minimum Gasteiger partial charge on any atom is -0.299 e. The second-order valence-electron chi connectivity index (χ2n) is 2.24. The topological polar surface area (TPSA) is 48.6 Å². The quantitative estimate of drug-likeness (QED) is 0.717. The Labute approximate surface area is 79.8 Å². The maximum absolute atomic E-state index is 12.1. The number of alkyl halides is 5. The molecule has 0 atom stereocenters. The molecule has 0 spiro atoms. The van der Waals surface area contributed by atoms with E-state index in [2.05, 4.69) is 0 Å². The molecule has 0 aliphatic heterocycles. The van der Waals surface area contributed by atoms with E-state index in [1.54, 1.807) is 0 Å². The lowest BCUT2D eigenvalue weighted by Gasteiger charge is -2.20. The first-order chi connectivity index (χ1) is 5.75. The highest BCUT2D eigenvalue weighted by Crippen LogP contribution is 2.46. The normalized spacial score (nSPS) is 13.3. The van der Waals surface area contributed by atoms with Crippen molar-refractivity contribution in [3.63, 3.8) is 0 Å². The first kappa shape index (κ1) is 10.5. The van der Waals surface area contributed by atoms with Gasteiger partial charge in [0.1, 0.15) is 0 Å². The third kappa shape index (κ3) is 1.83. The SMILES string of the molecule is O=c1cc(C(Cl)(Cl)C(F)(F)F)[nH][nH]1. The standard InChI is InChI=1S/C5H3Cl2F3N2O/c6-4(7,5(8,9)10)2-1-3(13)12-11-2/h1H,(H2,11,12,13). The van der Waals surface area contributed by atoms with Crippen LogP contribution in [0.3, 0.4) is 0 Å². The average molecular weight is 235 g/mol. The Morgan fingerprint density at radius 1 is 1.23 bits per heavy atom. The lowest BCUT2D eigenvalue weighted by molar-refractivity contribution is -0.144. The number of H-pyrrole nitrogens is 2. The summed E-state index contributed by atoms with van der Waals surface area (Å²) in [6.07, 6.45) is -4.85. The fourth-order valence-corrected chi connectivity index (χ4v) is 0.858. The number of aromatic nitrogens is 2. The van der Waals surface area contributed by atoms with Crippen molar-refractivity contribution in [3.8, 4) is 0 Å². The van der Waals surface area contributed by atoms with E-state index in [1.807, 2.05) is 10.2 Å². The maximum Gasteiger partial charge on any atom is 0.427 e. The molecule has 13 heavy (non-hydrogen) atoms. The smallest absolute Gasteiger partial charge is 0.299 e. The van der Waals surface area contributed by atoms with Gasteiger partial charge in [-0.3, -0.25) is 15.0 Å². The number of hydrogen-bond acceptors (Lipinski definition) is 1. The zero-order valence-electron chi connectivity index (χ0n) is 5.88. The number of hydrogen-bond donors (Lipinski definition) is 2. The Morgan fingerprint density at radius 2 is 1.77 bits per heavy atom. The highest BCUT2D eigenvalue weighted by Gasteiger charge is 2.55. The van der Waals surface area contributed by atoms with Gasteiger partial charge in [0, 0.05) is 6.07 Å². The van der Waals surface area contributed by atoms with Crippen LogP contribution in [0.25, 0.3) is 0 Å². The summed E-state index contributed by atoms with van der Waals surface area (Å²) in [5.74, 6) is 0. The van der Waals surface area contributed by atoms with E-state index in [-0.39, 0.29) is 0 Å². The first-order valence-corrected chi connectivity index (χ1v) is 3.73. The summed E-state index contributed by atoms with van der Waals surface area (Å²) >= 11 is 10.0. The van der Waals surface area contributed by atoms with Crippen molar-refractivity contribution in [1.29, 1.82) is 0 Å². The molecule has 1 rings (SSSR count). The van der Waals surface area contributed by atoms with Crippen LogP contribution in [0, 0.1) is 0 Å². The molecule has 1 aromatic rings. The summed E-state index contributed by atoms with van der Waals surface area (Å²) < 4.78 is 33.3. The number of rotatable bonds is 1. The van der Waals surface area contributed by atoms with Crippen LogP contribution in [-0.4, -0.2) is 16.4 Å². The number of aromatic amines is 2. The third-order valence-electron chi connectivity index (χ3n) is 1.29. The van der Waals surface area contributed by atoms with Crippen LogP contribution in [-0.2, 0) is 4.33 Å². The molecule has 3 nitrogen and oxygen atoms in total. The Balaban J connectivity index is 3.14. The third-order valence-corrected chi connectivity index (χ3v) is 2.13. The summed E-state index contributed by atoms with van der Waals surface area (Å²) in [4.78, 5) is 10.5. The van der Waals surface area contributed by atoms with Crippen LogP contribution >= 0.6 is 23.2 Å². The van der Waals surface area contributed by atoms with Crippen molar-refractivity contribution in [2.45, 2.75) is 10.5 Å². The van der Waals surface area contributed by atoms with E-state index in [0.29, 0.717) is 6.07 Å². The Morgan fingerprint density at radius 3 is 2.08 bits per heavy atom. The minimum atomic E-state index is -4.85. The molecule has 0 saturated heterocycles. The summed E-state index contributed by atoms with van der Waals surface area (Å²) in [7, 11) is 0. The summed E-state index contributed by atoms with van der Waals surface area (Å²) in [5, 5.41) is 3.83. The van der Waals surface area contributed by atoms with E-state index in [9.17, 15) is 18.0 Å².